The fourth-order valence-corrected chi connectivity index (χ4v) is 3.17. The molecule has 2 heteroatoms. The zero-order chi connectivity index (χ0) is 13.4. The Balaban J connectivity index is 1.93. The van der Waals surface area contributed by atoms with Gasteiger partial charge < -0.3 is 5.32 Å². The molecule has 98 valence electrons. The van der Waals surface area contributed by atoms with Crippen molar-refractivity contribution in [2.24, 2.45) is 0 Å². The highest BCUT2D eigenvalue weighted by Gasteiger charge is 2.22. The van der Waals surface area contributed by atoms with Crippen molar-refractivity contribution in [1.82, 2.24) is 10.3 Å². The van der Waals surface area contributed by atoms with Crippen LogP contribution >= 0.6 is 0 Å². The molecule has 2 aromatic carbocycles. The molecule has 0 fully saturated rings. The van der Waals surface area contributed by atoms with Crippen LogP contribution in [-0.2, 0) is 6.42 Å². The largest absolute Gasteiger partial charge is 0.306 e. The van der Waals surface area contributed by atoms with Crippen molar-refractivity contribution in [2.75, 3.05) is 6.54 Å². The minimum absolute atomic E-state index is 0.271. The van der Waals surface area contributed by atoms with Crippen molar-refractivity contribution in [3.8, 4) is 0 Å². The second kappa shape index (κ2) is 4.73. The average molecular weight is 260 g/mol. The van der Waals surface area contributed by atoms with Crippen molar-refractivity contribution >= 4 is 10.8 Å². The Bertz CT molecular complexity index is 759. The maximum Gasteiger partial charge on any atom is 0.0586 e. The summed E-state index contributed by atoms with van der Waals surface area (Å²) in [5.74, 6) is 0. The van der Waals surface area contributed by atoms with Crippen molar-refractivity contribution in [3.05, 3.63) is 77.6 Å². The van der Waals surface area contributed by atoms with E-state index in [4.69, 9.17) is 0 Å². The molecule has 1 aliphatic rings. The Morgan fingerprint density at radius 2 is 1.85 bits per heavy atom. The van der Waals surface area contributed by atoms with Crippen LogP contribution in [0.15, 0.2) is 60.9 Å². The van der Waals surface area contributed by atoms with Crippen LogP contribution in [0.5, 0.6) is 0 Å². The standard InChI is InChI=1S/C18H16N2/c1-2-6-15-13(4-1)9-11-20-18(15)16-7-3-5-14-8-10-19-12-17(14)16/h1-8,10,12,18,20H,9,11H2. The lowest BCUT2D eigenvalue weighted by atomic mass is 9.88. The molecule has 0 saturated carbocycles. The molecule has 2 nitrogen and oxygen atoms in total. The monoisotopic (exact) mass is 260 g/mol. The minimum Gasteiger partial charge on any atom is -0.306 e. The molecule has 3 aromatic rings. The van der Waals surface area contributed by atoms with Gasteiger partial charge in [0.2, 0.25) is 0 Å². The van der Waals surface area contributed by atoms with Gasteiger partial charge in [0.05, 0.1) is 6.04 Å². The molecular formula is C18H16N2. The van der Waals surface area contributed by atoms with Gasteiger partial charge in [-0.05, 0) is 34.6 Å². The highest BCUT2D eigenvalue weighted by molar-refractivity contribution is 5.85. The first-order valence-electron chi connectivity index (χ1n) is 7.07. The van der Waals surface area contributed by atoms with Gasteiger partial charge in [-0.1, -0.05) is 42.5 Å². The number of hydrogen-bond acceptors (Lipinski definition) is 2. The first-order chi connectivity index (χ1) is 9.93. The van der Waals surface area contributed by atoms with Gasteiger partial charge >= 0.3 is 0 Å². The molecule has 0 radical (unpaired) electrons. The maximum atomic E-state index is 4.30. The third-order valence-electron chi connectivity index (χ3n) is 4.14. The van der Waals surface area contributed by atoms with E-state index in [1.54, 1.807) is 0 Å². The second-order valence-corrected chi connectivity index (χ2v) is 5.28. The van der Waals surface area contributed by atoms with Gasteiger partial charge in [-0.3, -0.25) is 4.98 Å². The topological polar surface area (TPSA) is 24.9 Å². The number of nitrogens with one attached hydrogen (secondary N) is 1. The Hall–Kier alpha value is -2.19. The average Bonchev–Trinajstić information content (AvgIpc) is 2.54. The van der Waals surface area contributed by atoms with Crippen LogP contribution in [0.2, 0.25) is 0 Å². The van der Waals surface area contributed by atoms with Crippen molar-refractivity contribution in [2.45, 2.75) is 12.5 Å². The minimum atomic E-state index is 0.271. The zero-order valence-corrected chi connectivity index (χ0v) is 11.2. The molecule has 20 heavy (non-hydrogen) atoms. The third kappa shape index (κ3) is 1.81. The van der Waals surface area contributed by atoms with Gasteiger partial charge in [0, 0.05) is 24.3 Å². The molecule has 1 aliphatic heterocycles. The number of fused-ring (bicyclic) bond motifs is 2. The zero-order valence-electron chi connectivity index (χ0n) is 11.2. The van der Waals surface area contributed by atoms with Crippen LogP contribution in [0.4, 0.5) is 0 Å². The van der Waals surface area contributed by atoms with E-state index in [0.717, 1.165) is 13.0 Å². The number of pyridine rings is 1. The summed E-state index contributed by atoms with van der Waals surface area (Å²) in [5.41, 5.74) is 4.18. The molecule has 1 aromatic heterocycles. The molecule has 2 heterocycles. The van der Waals surface area contributed by atoms with E-state index in [0.29, 0.717) is 0 Å². The van der Waals surface area contributed by atoms with E-state index in [2.05, 4.69) is 58.8 Å². The fourth-order valence-electron chi connectivity index (χ4n) is 3.17. The predicted octanol–water partition coefficient (Wildman–Crippen LogP) is 3.47. The molecule has 1 N–H and O–H groups in total. The normalized spacial score (nSPS) is 17.9. The summed E-state index contributed by atoms with van der Waals surface area (Å²) in [6.45, 7) is 1.03. The number of nitrogens with zero attached hydrogens (tertiary/aromatic N) is 1. The maximum absolute atomic E-state index is 4.30. The van der Waals surface area contributed by atoms with Gasteiger partial charge in [0.15, 0.2) is 0 Å². The SMILES string of the molecule is c1ccc2c(c1)CCNC2c1cccc2ccncc12. The van der Waals surface area contributed by atoms with Crippen LogP contribution in [0, 0.1) is 0 Å². The van der Waals surface area contributed by atoms with Crippen LogP contribution < -0.4 is 5.32 Å². The number of hydrogen-bond donors (Lipinski definition) is 1. The summed E-state index contributed by atoms with van der Waals surface area (Å²) in [6.07, 6.45) is 4.94. The quantitative estimate of drug-likeness (QED) is 0.724. The van der Waals surface area contributed by atoms with E-state index < -0.39 is 0 Å². The molecule has 1 atom stereocenters. The van der Waals surface area contributed by atoms with Crippen molar-refractivity contribution in [1.29, 1.82) is 0 Å². The molecule has 0 saturated heterocycles. The van der Waals surface area contributed by atoms with Gasteiger partial charge in [-0.15, -0.1) is 0 Å². The number of rotatable bonds is 1. The molecule has 1 unspecified atom stereocenters. The molecule has 0 bridgehead atoms. The van der Waals surface area contributed by atoms with Crippen molar-refractivity contribution < 1.29 is 0 Å². The lowest BCUT2D eigenvalue weighted by Crippen LogP contribution is -2.30. The van der Waals surface area contributed by atoms with Crippen LogP contribution in [0.25, 0.3) is 10.8 Å². The third-order valence-corrected chi connectivity index (χ3v) is 4.14. The second-order valence-electron chi connectivity index (χ2n) is 5.28. The summed E-state index contributed by atoms with van der Waals surface area (Å²) in [6, 6.07) is 17.6. The molecule has 0 amide bonds. The molecule has 0 aliphatic carbocycles. The summed E-state index contributed by atoms with van der Waals surface area (Å²) in [5, 5.41) is 6.15. The number of aromatic nitrogens is 1. The Morgan fingerprint density at radius 1 is 0.950 bits per heavy atom. The van der Waals surface area contributed by atoms with Crippen LogP contribution in [0.3, 0.4) is 0 Å². The summed E-state index contributed by atoms with van der Waals surface area (Å²) in [4.78, 5) is 4.30. The molecule has 0 spiro atoms. The Morgan fingerprint density at radius 3 is 2.85 bits per heavy atom. The lowest BCUT2D eigenvalue weighted by molar-refractivity contribution is 0.570. The van der Waals surface area contributed by atoms with Gasteiger partial charge in [0.25, 0.3) is 0 Å². The van der Waals surface area contributed by atoms with Crippen molar-refractivity contribution in [3.63, 3.8) is 0 Å². The fraction of sp³-hybridized carbons (Fsp3) is 0.167. The lowest BCUT2D eigenvalue weighted by Gasteiger charge is -2.28. The van der Waals surface area contributed by atoms with E-state index in [1.165, 1.54) is 27.5 Å². The molecular weight excluding hydrogens is 244 g/mol. The summed E-state index contributed by atoms with van der Waals surface area (Å²) < 4.78 is 0. The van der Waals surface area contributed by atoms with E-state index in [1.807, 2.05) is 12.4 Å². The highest BCUT2D eigenvalue weighted by Crippen LogP contribution is 2.32. The van der Waals surface area contributed by atoms with Gasteiger partial charge in [-0.2, -0.15) is 0 Å². The van der Waals surface area contributed by atoms with Crippen LogP contribution in [-0.4, -0.2) is 11.5 Å². The van der Waals surface area contributed by atoms with E-state index in [-0.39, 0.29) is 6.04 Å². The van der Waals surface area contributed by atoms with E-state index >= 15 is 0 Å². The molecule has 4 rings (SSSR count). The summed E-state index contributed by atoms with van der Waals surface area (Å²) in [7, 11) is 0. The predicted molar refractivity (Wildman–Crippen MR) is 81.7 cm³/mol. The van der Waals surface area contributed by atoms with Gasteiger partial charge in [-0.25, -0.2) is 0 Å². The van der Waals surface area contributed by atoms with Gasteiger partial charge in [0.1, 0.15) is 0 Å². The Labute approximate surface area is 118 Å². The highest BCUT2D eigenvalue weighted by atomic mass is 14.9. The first-order valence-corrected chi connectivity index (χ1v) is 7.07. The summed E-state index contributed by atoms with van der Waals surface area (Å²) >= 11 is 0. The first kappa shape index (κ1) is 11.6. The smallest absolute Gasteiger partial charge is 0.0586 e. The van der Waals surface area contributed by atoms with E-state index in [9.17, 15) is 0 Å². The Kier molecular flexibility index (Phi) is 2.75. The number of benzene rings is 2. The van der Waals surface area contributed by atoms with Crippen LogP contribution in [0.1, 0.15) is 22.7 Å².